The number of rotatable bonds is 6. The van der Waals surface area contributed by atoms with Gasteiger partial charge in [0.05, 0.1) is 19.8 Å². The smallest absolute Gasteiger partial charge is 0.118 e. The van der Waals surface area contributed by atoms with E-state index in [4.69, 9.17) is 9.84 Å². The number of aliphatic hydroxyl groups excluding tert-OH is 2. The monoisotopic (exact) mass is 225 g/mol. The quantitative estimate of drug-likeness (QED) is 0.667. The Bertz CT molecular complexity index is 300. The zero-order valence-corrected chi connectivity index (χ0v) is 9.68. The van der Waals surface area contributed by atoms with E-state index in [0.717, 1.165) is 11.3 Å². The van der Waals surface area contributed by atoms with Gasteiger partial charge in [-0.25, -0.2) is 0 Å². The van der Waals surface area contributed by atoms with E-state index in [-0.39, 0.29) is 12.6 Å². The number of aliphatic hydroxyl groups is 2. The van der Waals surface area contributed by atoms with Crippen LogP contribution in [0.25, 0.3) is 0 Å². The number of hydrogen-bond acceptors (Lipinski definition) is 4. The van der Waals surface area contributed by atoms with Crippen LogP contribution in [0.2, 0.25) is 0 Å². The summed E-state index contributed by atoms with van der Waals surface area (Å²) in [5.74, 6) is 0.825. The molecule has 3 N–H and O–H groups in total. The van der Waals surface area contributed by atoms with Crippen molar-refractivity contribution in [3.63, 3.8) is 0 Å². The van der Waals surface area contributed by atoms with Gasteiger partial charge in [-0.3, -0.25) is 0 Å². The minimum atomic E-state index is -0.708. The Morgan fingerprint density at radius 2 is 1.94 bits per heavy atom. The highest BCUT2D eigenvalue weighted by atomic mass is 16.5. The van der Waals surface area contributed by atoms with E-state index in [1.54, 1.807) is 7.11 Å². The second kappa shape index (κ2) is 6.48. The fraction of sp³-hybridized carbons (Fsp3) is 0.500. The van der Waals surface area contributed by atoms with Crippen molar-refractivity contribution in [2.45, 2.75) is 19.1 Å². The summed E-state index contributed by atoms with van der Waals surface area (Å²) in [5.41, 5.74) is 1.12. The predicted molar refractivity (Wildman–Crippen MR) is 62.5 cm³/mol. The highest BCUT2D eigenvalue weighted by Crippen LogP contribution is 2.16. The van der Waals surface area contributed by atoms with E-state index in [1.807, 2.05) is 31.2 Å². The largest absolute Gasteiger partial charge is 0.497 e. The molecule has 90 valence electrons. The van der Waals surface area contributed by atoms with Crippen molar-refractivity contribution in [3.05, 3.63) is 29.8 Å². The maximum atomic E-state index is 9.20. The summed E-state index contributed by atoms with van der Waals surface area (Å²) in [6, 6.07) is 7.88. The molecular formula is C12H19NO3. The highest BCUT2D eigenvalue weighted by molar-refractivity contribution is 5.28. The van der Waals surface area contributed by atoms with E-state index in [2.05, 4.69) is 5.32 Å². The average molecular weight is 225 g/mol. The summed E-state index contributed by atoms with van der Waals surface area (Å²) >= 11 is 0. The molecule has 1 aromatic carbocycles. The first-order valence-corrected chi connectivity index (χ1v) is 5.33. The maximum absolute atomic E-state index is 9.20. The van der Waals surface area contributed by atoms with Crippen molar-refractivity contribution in [2.24, 2.45) is 0 Å². The highest BCUT2D eigenvalue weighted by Gasteiger charge is 2.07. The van der Waals surface area contributed by atoms with Crippen molar-refractivity contribution in [1.82, 2.24) is 5.32 Å². The predicted octanol–water partition coefficient (Wildman–Crippen LogP) is 0.699. The van der Waals surface area contributed by atoms with Crippen LogP contribution >= 0.6 is 0 Å². The van der Waals surface area contributed by atoms with Crippen LogP contribution < -0.4 is 10.1 Å². The Labute approximate surface area is 95.9 Å². The third kappa shape index (κ3) is 3.81. The molecule has 4 heteroatoms. The van der Waals surface area contributed by atoms with Crippen LogP contribution in [0.15, 0.2) is 24.3 Å². The number of methoxy groups -OCH3 is 1. The third-order valence-corrected chi connectivity index (χ3v) is 2.49. The summed E-state index contributed by atoms with van der Waals surface area (Å²) in [6.45, 7) is 2.16. The van der Waals surface area contributed by atoms with Crippen molar-refractivity contribution >= 4 is 0 Å². The lowest BCUT2D eigenvalue weighted by molar-refractivity contribution is 0.0924. The Hall–Kier alpha value is -1.10. The van der Waals surface area contributed by atoms with E-state index in [1.165, 1.54) is 0 Å². The maximum Gasteiger partial charge on any atom is 0.118 e. The number of ether oxygens (including phenoxy) is 1. The van der Waals surface area contributed by atoms with Crippen LogP contribution in [-0.4, -0.2) is 36.6 Å². The molecule has 0 fully saturated rings. The van der Waals surface area contributed by atoms with Crippen molar-refractivity contribution in [3.8, 4) is 5.75 Å². The molecule has 16 heavy (non-hydrogen) atoms. The minimum absolute atomic E-state index is 0.132. The first-order chi connectivity index (χ1) is 7.67. The first kappa shape index (κ1) is 13.0. The molecule has 1 aromatic rings. The summed E-state index contributed by atoms with van der Waals surface area (Å²) < 4.78 is 5.07. The molecule has 0 heterocycles. The molecule has 0 saturated carbocycles. The van der Waals surface area contributed by atoms with Crippen LogP contribution in [0.4, 0.5) is 0 Å². The van der Waals surface area contributed by atoms with E-state index < -0.39 is 6.10 Å². The van der Waals surface area contributed by atoms with E-state index in [9.17, 15) is 5.11 Å². The topological polar surface area (TPSA) is 61.7 Å². The Morgan fingerprint density at radius 1 is 1.31 bits per heavy atom. The van der Waals surface area contributed by atoms with Crippen LogP contribution in [0, 0.1) is 0 Å². The zero-order valence-electron chi connectivity index (χ0n) is 9.68. The fourth-order valence-corrected chi connectivity index (χ4v) is 1.39. The molecule has 0 aliphatic carbocycles. The number of nitrogens with one attached hydrogen (secondary N) is 1. The summed E-state index contributed by atoms with van der Waals surface area (Å²) in [4.78, 5) is 0. The van der Waals surface area contributed by atoms with E-state index in [0.29, 0.717) is 6.54 Å². The van der Waals surface area contributed by atoms with Gasteiger partial charge in [0.1, 0.15) is 5.75 Å². The molecule has 0 saturated heterocycles. The van der Waals surface area contributed by atoms with Crippen LogP contribution in [0.1, 0.15) is 18.5 Å². The van der Waals surface area contributed by atoms with Gasteiger partial charge in [0.2, 0.25) is 0 Å². The summed E-state index contributed by atoms with van der Waals surface area (Å²) in [6.07, 6.45) is -0.708. The van der Waals surface area contributed by atoms with Crippen LogP contribution in [-0.2, 0) is 0 Å². The SMILES string of the molecule is COc1ccc([C@@H](C)NC[C@H](O)CO)cc1. The fourth-order valence-electron chi connectivity index (χ4n) is 1.39. The van der Waals surface area contributed by atoms with Gasteiger partial charge in [0.25, 0.3) is 0 Å². The average Bonchev–Trinajstić information content (AvgIpc) is 2.35. The standard InChI is InChI=1S/C12H19NO3/c1-9(13-7-11(15)8-14)10-3-5-12(16-2)6-4-10/h3-6,9,11,13-15H,7-8H2,1-2H3/t9-,11+/m1/s1. The molecule has 0 bridgehead atoms. The lowest BCUT2D eigenvalue weighted by atomic mass is 10.1. The van der Waals surface area contributed by atoms with Crippen molar-refractivity contribution < 1.29 is 14.9 Å². The van der Waals surface area contributed by atoms with Crippen molar-refractivity contribution in [2.75, 3.05) is 20.3 Å². The van der Waals surface area contributed by atoms with Crippen LogP contribution in [0.5, 0.6) is 5.75 Å². The molecule has 0 amide bonds. The molecule has 0 radical (unpaired) electrons. The number of benzene rings is 1. The normalized spacial score (nSPS) is 14.5. The third-order valence-electron chi connectivity index (χ3n) is 2.49. The van der Waals surface area contributed by atoms with Gasteiger partial charge in [-0.15, -0.1) is 0 Å². The molecule has 0 aromatic heterocycles. The summed E-state index contributed by atoms with van der Waals surface area (Å²) in [5, 5.41) is 21.0. The van der Waals surface area contributed by atoms with Crippen molar-refractivity contribution in [1.29, 1.82) is 0 Å². The van der Waals surface area contributed by atoms with Gasteiger partial charge >= 0.3 is 0 Å². The molecule has 0 aliphatic heterocycles. The first-order valence-electron chi connectivity index (χ1n) is 5.33. The van der Waals surface area contributed by atoms with Gasteiger partial charge in [-0.05, 0) is 24.6 Å². The van der Waals surface area contributed by atoms with Gasteiger partial charge < -0.3 is 20.3 Å². The molecule has 4 nitrogen and oxygen atoms in total. The molecule has 1 rings (SSSR count). The lowest BCUT2D eigenvalue weighted by Crippen LogP contribution is -2.31. The Morgan fingerprint density at radius 3 is 2.44 bits per heavy atom. The number of hydrogen-bond donors (Lipinski definition) is 3. The molecule has 0 spiro atoms. The van der Waals surface area contributed by atoms with E-state index >= 15 is 0 Å². The van der Waals surface area contributed by atoms with Crippen LogP contribution in [0.3, 0.4) is 0 Å². The van der Waals surface area contributed by atoms with Gasteiger partial charge in [0.15, 0.2) is 0 Å². The summed E-state index contributed by atoms with van der Waals surface area (Å²) in [7, 11) is 1.63. The van der Waals surface area contributed by atoms with Gasteiger partial charge in [-0.1, -0.05) is 12.1 Å². The molecule has 2 atom stereocenters. The Kier molecular flexibility index (Phi) is 5.25. The molecule has 0 unspecified atom stereocenters. The molecular weight excluding hydrogens is 206 g/mol. The van der Waals surface area contributed by atoms with Gasteiger partial charge in [-0.2, -0.15) is 0 Å². The second-order valence-electron chi connectivity index (χ2n) is 3.74. The minimum Gasteiger partial charge on any atom is -0.497 e. The molecule has 0 aliphatic rings. The lowest BCUT2D eigenvalue weighted by Gasteiger charge is -2.16. The second-order valence-corrected chi connectivity index (χ2v) is 3.74. The Balaban J connectivity index is 2.49. The van der Waals surface area contributed by atoms with Gasteiger partial charge in [0, 0.05) is 12.6 Å². The zero-order chi connectivity index (χ0) is 12.0.